The number of nitrogens with zero attached hydrogens (tertiary/aromatic N) is 2. The second kappa shape index (κ2) is 8.18. The van der Waals surface area contributed by atoms with E-state index in [4.69, 9.17) is 11.6 Å². The number of carbonyl (C=O) groups is 1. The molecule has 1 fully saturated rings. The Morgan fingerprint density at radius 1 is 1.17 bits per heavy atom. The minimum absolute atomic E-state index is 0.0631. The molecule has 24 heavy (non-hydrogen) atoms. The number of benzene rings is 1. The van der Waals surface area contributed by atoms with Crippen LogP contribution in [0.2, 0.25) is 5.02 Å². The molecule has 0 saturated carbocycles. The minimum atomic E-state index is -3.35. The van der Waals surface area contributed by atoms with Gasteiger partial charge in [0, 0.05) is 49.4 Å². The molecule has 0 aromatic heterocycles. The van der Waals surface area contributed by atoms with E-state index in [9.17, 15) is 13.2 Å². The standard InChI is InChI=1S/C16H24ClN3O3S/c1-13(2)16(21)18-7-12-24(22,23)20-10-8-19(9-11-20)15-5-3-14(17)4-6-15/h3-6,13H,7-12H2,1-2H3,(H,18,21). The second-order valence-corrected chi connectivity index (χ2v) is 8.65. The first-order valence-corrected chi connectivity index (χ1v) is 10.0. The topological polar surface area (TPSA) is 69.7 Å². The highest BCUT2D eigenvalue weighted by molar-refractivity contribution is 7.89. The van der Waals surface area contributed by atoms with Gasteiger partial charge in [0.05, 0.1) is 5.75 Å². The third-order valence-corrected chi connectivity index (χ3v) is 6.13. The van der Waals surface area contributed by atoms with Gasteiger partial charge in [-0.3, -0.25) is 4.79 Å². The average molecular weight is 374 g/mol. The third kappa shape index (κ3) is 5.09. The van der Waals surface area contributed by atoms with Gasteiger partial charge < -0.3 is 10.2 Å². The number of hydrogen-bond acceptors (Lipinski definition) is 4. The van der Waals surface area contributed by atoms with Gasteiger partial charge in [0.15, 0.2) is 0 Å². The Kier molecular flexibility index (Phi) is 6.48. The van der Waals surface area contributed by atoms with Crippen LogP contribution in [0.3, 0.4) is 0 Å². The molecule has 0 aliphatic carbocycles. The van der Waals surface area contributed by atoms with Crippen molar-refractivity contribution in [1.29, 1.82) is 0 Å². The van der Waals surface area contributed by atoms with Crippen molar-refractivity contribution >= 4 is 33.2 Å². The number of hydrogen-bond donors (Lipinski definition) is 1. The predicted molar refractivity (Wildman–Crippen MR) is 96.9 cm³/mol. The number of anilines is 1. The van der Waals surface area contributed by atoms with Crippen molar-refractivity contribution in [1.82, 2.24) is 9.62 Å². The number of amides is 1. The maximum absolute atomic E-state index is 12.4. The summed E-state index contributed by atoms with van der Waals surface area (Å²) in [6.45, 7) is 5.88. The summed E-state index contributed by atoms with van der Waals surface area (Å²) in [6.07, 6.45) is 0. The highest BCUT2D eigenvalue weighted by Crippen LogP contribution is 2.20. The molecular formula is C16H24ClN3O3S. The van der Waals surface area contributed by atoms with Crippen molar-refractivity contribution in [2.75, 3.05) is 43.4 Å². The van der Waals surface area contributed by atoms with Crippen LogP contribution in [0.5, 0.6) is 0 Å². The lowest BCUT2D eigenvalue weighted by molar-refractivity contribution is -0.123. The summed E-state index contributed by atoms with van der Waals surface area (Å²) in [5.74, 6) is -0.333. The van der Waals surface area contributed by atoms with Gasteiger partial charge in [0.2, 0.25) is 15.9 Å². The molecule has 1 N–H and O–H groups in total. The lowest BCUT2D eigenvalue weighted by Crippen LogP contribution is -2.50. The van der Waals surface area contributed by atoms with E-state index in [2.05, 4.69) is 10.2 Å². The largest absolute Gasteiger partial charge is 0.369 e. The van der Waals surface area contributed by atoms with Crippen LogP contribution in [0.4, 0.5) is 5.69 Å². The van der Waals surface area contributed by atoms with Crippen molar-refractivity contribution < 1.29 is 13.2 Å². The van der Waals surface area contributed by atoms with Gasteiger partial charge in [-0.05, 0) is 24.3 Å². The number of piperazine rings is 1. The molecule has 8 heteroatoms. The Morgan fingerprint density at radius 3 is 2.29 bits per heavy atom. The predicted octanol–water partition coefficient (Wildman–Crippen LogP) is 1.56. The summed E-state index contributed by atoms with van der Waals surface area (Å²) in [7, 11) is -3.35. The monoisotopic (exact) mass is 373 g/mol. The molecule has 2 rings (SSSR count). The van der Waals surface area contributed by atoms with Crippen molar-refractivity contribution in [3.05, 3.63) is 29.3 Å². The van der Waals surface area contributed by atoms with Crippen LogP contribution < -0.4 is 10.2 Å². The van der Waals surface area contributed by atoms with Crippen LogP contribution in [-0.2, 0) is 14.8 Å². The molecule has 0 atom stereocenters. The number of rotatable bonds is 6. The van der Waals surface area contributed by atoms with Gasteiger partial charge in [-0.25, -0.2) is 8.42 Å². The Labute approximate surface area is 148 Å². The zero-order chi connectivity index (χ0) is 17.7. The first kappa shape index (κ1) is 19.0. The molecule has 0 radical (unpaired) electrons. The fourth-order valence-electron chi connectivity index (χ4n) is 2.51. The molecule has 1 aromatic rings. The summed E-state index contributed by atoms with van der Waals surface area (Å²) in [5, 5.41) is 3.33. The molecule has 134 valence electrons. The fraction of sp³-hybridized carbons (Fsp3) is 0.562. The van der Waals surface area contributed by atoms with E-state index >= 15 is 0 Å². The Morgan fingerprint density at radius 2 is 1.75 bits per heavy atom. The Hall–Kier alpha value is -1.31. The van der Waals surface area contributed by atoms with Crippen LogP contribution in [-0.4, -0.2) is 57.1 Å². The number of carbonyl (C=O) groups excluding carboxylic acids is 1. The van der Waals surface area contributed by atoms with Gasteiger partial charge in [-0.15, -0.1) is 0 Å². The van der Waals surface area contributed by atoms with Crippen LogP contribution in [0, 0.1) is 5.92 Å². The van der Waals surface area contributed by atoms with E-state index < -0.39 is 10.0 Å². The highest BCUT2D eigenvalue weighted by atomic mass is 35.5. The third-order valence-electron chi connectivity index (χ3n) is 4.01. The molecule has 0 bridgehead atoms. The molecule has 0 unspecified atom stereocenters. The highest BCUT2D eigenvalue weighted by Gasteiger charge is 2.26. The van der Waals surface area contributed by atoms with E-state index in [-0.39, 0.29) is 24.1 Å². The zero-order valence-corrected chi connectivity index (χ0v) is 15.6. The molecule has 1 aromatic carbocycles. The van der Waals surface area contributed by atoms with E-state index in [1.165, 1.54) is 4.31 Å². The quantitative estimate of drug-likeness (QED) is 0.821. The average Bonchev–Trinajstić information content (AvgIpc) is 2.55. The summed E-state index contributed by atoms with van der Waals surface area (Å²) in [6, 6.07) is 7.54. The van der Waals surface area contributed by atoms with E-state index in [1.807, 2.05) is 24.3 Å². The van der Waals surface area contributed by atoms with Crippen molar-refractivity contribution in [3.8, 4) is 0 Å². The second-order valence-electron chi connectivity index (χ2n) is 6.12. The summed E-state index contributed by atoms with van der Waals surface area (Å²) < 4.78 is 26.2. The van der Waals surface area contributed by atoms with Gasteiger partial charge in [-0.2, -0.15) is 4.31 Å². The fourth-order valence-corrected chi connectivity index (χ4v) is 3.98. The zero-order valence-electron chi connectivity index (χ0n) is 14.0. The smallest absolute Gasteiger partial charge is 0.222 e. The molecular weight excluding hydrogens is 350 g/mol. The maximum atomic E-state index is 12.4. The Bertz CT molecular complexity index is 654. The normalized spacial score (nSPS) is 16.4. The molecule has 0 spiro atoms. The van der Waals surface area contributed by atoms with Crippen molar-refractivity contribution in [2.24, 2.45) is 5.92 Å². The minimum Gasteiger partial charge on any atom is -0.369 e. The molecule has 6 nitrogen and oxygen atoms in total. The van der Waals surface area contributed by atoms with Crippen LogP contribution >= 0.6 is 11.6 Å². The SMILES string of the molecule is CC(C)C(=O)NCCS(=O)(=O)N1CCN(c2ccc(Cl)cc2)CC1. The number of nitrogens with one attached hydrogen (secondary N) is 1. The van der Waals surface area contributed by atoms with E-state index in [0.717, 1.165) is 5.69 Å². The Balaban J connectivity index is 1.84. The first-order chi connectivity index (χ1) is 11.3. The van der Waals surface area contributed by atoms with E-state index in [0.29, 0.717) is 31.2 Å². The van der Waals surface area contributed by atoms with Gasteiger partial charge in [0.1, 0.15) is 0 Å². The van der Waals surface area contributed by atoms with Crippen LogP contribution in [0.15, 0.2) is 24.3 Å². The maximum Gasteiger partial charge on any atom is 0.222 e. The molecule has 1 amide bonds. The summed E-state index contributed by atoms with van der Waals surface area (Å²) >= 11 is 5.89. The molecule has 1 aliphatic heterocycles. The van der Waals surface area contributed by atoms with Gasteiger partial charge in [0.25, 0.3) is 0 Å². The van der Waals surface area contributed by atoms with Crippen LogP contribution in [0.25, 0.3) is 0 Å². The number of sulfonamides is 1. The van der Waals surface area contributed by atoms with Gasteiger partial charge >= 0.3 is 0 Å². The lowest BCUT2D eigenvalue weighted by Gasteiger charge is -2.35. The number of halogens is 1. The van der Waals surface area contributed by atoms with E-state index in [1.54, 1.807) is 13.8 Å². The molecule has 1 saturated heterocycles. The van der Waals surface area contributed by atoms with Crippen molar-refractivity contribution in [3.63, 3.8) is 0 Å². The van der Waals surface area contributed by atoms with Crippen LogP contribution in [0.1, 0.15) is 13.8 Å². The molecule has 1 heterocycles. The first-order valence-electron chi connectivity index (χ1n) is 8.05. The van der Waals surface area contributed by atoms with Gasteiger partial charge in [-0.1, -0.05) is 25.4 Å². The summed E-state index contributed by atoms with van der Waals surface area (Å²) in [4.78, 5) is 13.6. The molecule has 1 aliphatic rings. The van der Waals surface area contributed by atoms with Crippen molar-refractivity contribution in [2.45, 2.75) is 13.8 Å². The lowest BCUT2D eigenvalue weighted by atomic mass is 10.2. The summed E-state index contributed by atoms with van der Waals surface area (Å²) in [5.41, 5.74) is 1.04.